The van der Waals surface area contributed by atoms with E-state index in [1.165, 1.54) is 36.2 Å². The van der Waals surface area contributed by atoms with E-state index in [2.05, 4.69) is 83.7 Å². The highest BCUT2D eigenvalue weighted by atomic mass is 33.1. The quantitative estimate of drug-likeness (QED) is 0.0182. The second-order valence-electron chi connectivity index (χ2n) is 25.1. The number of imidazole rings is 1. The van der Waals surface area contributed by atoms with E-state index in [9.17, 15) is 67.4 Å². The van der Waals surface area contributed by atoms with Crippen LogP contribution in [-0.2, 0) is 76.8 Å². The number of para-hydroxylation sites is 2. The third kappa shape index (κ3) is 21.8. The molecule has 103 heavy (non-hydrogen) atoms. The number of imide groups is 1. The molecule has 3 saturated heterocycles. The van der Waals surface area contributed by atoms with Crippen molar-refractivity contribution in [3.05, 3.63) is 90.3 Å². The first-order valence-corrected chi connectivity index (χ1v) is 36.2. The lowest BCUT2D eigenvalue weighted by Crippen LogP contribution is -2.60. The minimum atomic E-state index is -1.64. The number of hydrogen-bond acceptors (Lipinski definition) is 18. The van der Waals surface area contributed by atoms with Crippen LogP contribution in [0.3, 0.4) is 0 Å². The number of rotatable bonds is 19. The van der Waals surface area contributed by atoms with Gasteiger partial charge in [-0.1, -0.05) is 58.0 Å². The highest BCUT2D eigenvalue weighted by Gasteiger charge is 2.45. The van der Waals surface area contributed by atoms with Crippen LogP contribution in [0.15, 0.2) is 73.4 Å². The molecule has 3 aromatic heterocycles. The third-order valence-electron chi connectivity index (χ3n) is 17.7. The van der Waals surface area contributed by atoms with Crippen LogP contribution in [0.5, 0.6) is 0 Å². The maximum Gasteiger partial charge on any atom is 0.322 e. The normalized spacial score (nSPS) is 24.5. The Hall–Kier alpha value is -10.9. The van der Waals surface area contributed by atoms with Gasteiger partial charge in [-0.3, -0.25) is 73.7 Å². The first kappa shape index (κ1) is 77.8. The van der Waals surface area contributed by atoms with E-state index in [-0.39, 0.29) is 89.7 Å². The average molecular weight is 1470 g/mol. The number of nitrogens with two attached hydrogens (primary N) is 2. The molecule has 0 bridgehead atoms. The van der Waals surface area contributed by atoms with Gasteiger partial charge in [0, 0.05) is 92.3 Å². The van der Waals surface area contributed by atoms with Gasteiger partial charge in [-0.25, -0.2) is 9.78 Å². The van der Waals surface area contributed by atoms with Crippen molar-refractivity contribution in [1.82, 2.24) is 93.5 Å². The molecule has 0 radical (unpaired) electrons. The molecule has 3 aliphatic rings. The summed E-state index contributed by atoms with van der Waals surface area (Å²) in [6.07, 6.45) is 6.31. The smallest absolute Gasteiger partial charge is 0.322 e. The van der Waals surface area contributed by atoms with Crippen molar-refractivity contribution in [2.45, 2.75) is 163 Å². The number of aromatic nitrogens is 4. The van der Waals surface area contributed by atoms with Gasteiger partial charge in [0.05, 0.1) is 12.0 Å². The molecule has 554 valence electrons. The Balaban J connectivity index is 1.14. The molecule has 22 N–H and O–H groups in total. The zero-order chi connectivity index (χ0) is 74.4. The van der Waals surface area contributed by atoms with E-state index < -0.39 is 168 Å². The minimum Gasteiger partial charge on any atom is -0.481 e. The standard InChI is InChI=1S/C65H88N22O14S2/c1-33-51(90)80-47(28-37-31-70-32-75-37)57(96)85-65(101)83-43(17-9-23-72-64(68)69)53(92)81-45(26-35-29-73-40-14-6-4-12-38(35)40)55(94)77-34(2)61(99)87-25-11-19-49(87)62(100)86-24-10-18-48(86)58(97)79-44(20-21-50(88)89)54(93)78-42(16-8-22-71-63(66)67)52(91)82-46(56(95)84-60(103-102-3)59(98)76-33)27-36-30-74-41-15-7-5-13-39(36)41/h4-7,12-15,29-34,42-49,60,73-74H,8-11,16-28H2,1-3H3,(H,70,75)(H,76,98)(H,77,94)(H,78,93)(H,79,97)(H,80,90)(H,81,92)(H,82,91)(H,84,95)(H,88,89)(H4,66,67,71)(H4,68,69,72)(H2,83,85,96,101)/t33-,34-,42-,43-,44-,45-,46-,47-,48-,49-,60?/m0/s1. The zero-order valence-electron chi connectivity index (χ0n) is 56.9. The Morgan fingerprint density at radius 2 is 1.03 bits per heavy atom. The lowest BCUT2D eigenvalue weighted by molar-refractivity contribution is -0.148. The first-order chi connectivity index (χ1) is 49.3. The van der Waals surface area contributed by atoms with Crippen LogP contribution in [0, 0.1) is 10.8 Å². The predicted octanol–water partition coefficient (Wildman–Crippen LogP) is -2.13. The molecule has 8 rings (SSSR count). The summed E-state index contributed by atoms with van der Waals surface area (Å²) in [5.41, 5.74) is 13.8. The molecule has 3 aliphatic heterocycles. The van der Waals surface area contributed by atoms with Crippen molar-refractivity contribution in [1.29, 1.82) is 10.8 Å². The molecule has 0 spiro atoms. The molecule has 13 amide bonds. The fourth-order valence-electron chi connectivity index (χ4n) is 12.4. The summed E-state index contributed by atoms with van der Waals surface area (Å²) >= 11 is 0. The van der Waals surface area contributed by atoms with Crippen LogP contribution in [0.2, 0.25) is 0 Å². The van der Waals surface area contributed by atoms with Crippen LogP contribution >= 0.6 is 21.6 Å². The number of benzene rings is 2. The summed E-state index contributed by atoms with van der Waals surface area (Å²) in [5.74, 6) is -12.0. The van der Waals surface area contributed by atoms with Gasteiger partial charge in [-0.15, -0.1) is 0 Å². The monoisotopic (exact) mass is 1460 g/mol. The first-order valence-electron chi connectivity index (χ1n) is 33.6. The number of carbonyl (C=O) groups excluding carboxylic acids is 12. The van der Waals surface area contributed by atoms with E-state index in [4.69, 9.17) is 22.3 Å². The number of aliphatic carboxylic acids is 1. The van der Waals surface area contributed by atoms with E-state index >= 15 is 0 Å². The topological polar surface area (TPSA) is 553 Å². The number of nitrogens with one attached hydrogen (secondary N) is 17. The number of carboxylic acids is 1. The summed E-state index contributed by atoms with van der Waals surface area (Å²) in [7, 11) is 1.91. The fraction of sp³-hybridized carbons (Fsp3) is 0.477. The molecule has 3 fully saturated rings. The molecule has 11 atom stereocenters. The van der Waals surface area contributed by atoms with Gasteiger partial charge < -0.3 is 99.8 Å². The summed E-state index contributed by atoms with van der Waals surface area (Å²) in [6.45, 7) is 2.81. The van der Waals surface area contributed by atoms with Crippen molar-refractivity contribution in [3.63, 3.8) is 0 Å². The van der Waals surface area contributed by atoms with Crippen LogP contribution in [0.1, 0.15) is 94.9 Å². The number of carboxylic acid groups (broad SMARTS) is 1. The van der Waals surface area contributed by atoms with Crippen LogP contribution in [0.25, 0.3) is 21.8 Å². The average Bonchev–Trinajstić information content (AvgIpc) is 1.70. The number of guanidine groups is 2. The Labute approximate surface area is 598 Å². The number of H-pyrrole nitrogens is 3. The molecule has 6 heterocycles. The maximum absolute atomic E-state index is 14.9. The number of aromatic amines is 3. The fourth-order valence-corrected chi connectivity index (χ4v) is 13.9. The number of nitrogens with zero attached hydrogens (tertiary/aromatic N) is 3. The van der Waals surface area contributed by atoms with Crippen LogP contribution in [-0.4, -0.2) is 222 Å². The van der Waals surface area contributed by atoms with Gasteiger partial charge in [0.15, 0.2) is 17.3 Å². The molecular formula is C65H88N22O14S2. The lowest BCUT2D eigenvalue weighted by Gasteiger charge is -2.33. The molecular weight excluding hydrogens is 1380 g/mol. The molecule has 5 aromatic rings. The Kier molecular flexibility index (Phi) is 28.1. The number of fused-ring (bicyclic) bond motifs is 4. The minimum absolute atomic E-state index is 0.0155. The van der Waals surface area contributed by atoms with Crippen molar-refractivity contribution < 1.29 is 67.4 Å². The van der Waals surface area contributed by atoms with E-state index in [0.717, 1.165) is 21.6 Å². The molecule has 36 nitrogen and oxygen atoms in total. The number of carbonyl (C=O) groups is 13. The summed E-state index contributed by atoms with van der Waals surface area (Å²) < 4.78 is 0. The lowest BCUT2D eigenvalue weighted by atomic mass is 10.0. The largest absolute Gasteiger partial charge is 0.481 e. The van der Waals surface area contributed by atoms with Crippen molar-refractivity contribution in [2.75, 3.05) is 32.4 Å². The molecule has 0 aliphatic carbocycles. The highest BCUT2D eigenvalue weighted by Crippen LogP contribution is 2.28. The van der Waals surface area contributed by atoms with Gasteiger partial charge in [0.25, 0.3) is 11.8 Å². The van der Waals surface area contributed by atoms with Gasteiger partial charge in [0.1, 0.15) is 60.4 Å². The van der Waals surface area contributed by atoms with Gasteiger partial charge in [-0.2, -0.15) is 0 Å². The summed E-state index contributed by atoms with van der Waals surface area (Å²) in [5, 5.41) is 56.1. The summed E-state index contributed by atoms with van der Waals surface area (Å²) in [4.78, 5) is 203. The maximum atomic E-state index is 14.9. The van der Waals surface area contributed by atoms with Crippen molar-refractivity contribution in [3.8, 4) is 0 Å². The number of urea groups is 1. The second kappa shape index (κ2) is 37.1. The van der Waals surface area contributed by atoms with E-state index in [1.807, 2.05) is 0 Å². The molecule has 0 saturated carbocycles. The van der Waals surface area contributed by atoms with Crippen LogP contribution < -0.4 is 75.3 Å². The highest BCUT2D eigenvalue weighted by molar-refractivity contribution is 8.76. The van der Waals surface area contributed by atoms with Crippen LogP contribution in [0.4, 0.5) is 4.79 Å². The van der Waals surface area contributed by atoms with Gasteiger partial charge >= 0.3 is 12.0 Å². The predicted molar refractivity (Wildman–Crippen MR) is 379 cm³/mol. The zero-order valence-corrected chi connectivity index (χ0v) is 58.5. The van der Waals surface area contributed by atoms with E-state index in [1.54, 1.807) is 67.2 Å². The third-order valence-corrected chi connectivity index (χ3v) is 19.5. The molecule has 1 unspecified atom stereocenters. The van der Waals surface area contributed by atoms with E-state index in [0.29, 0.717) is 45.8 Å². The molecule has 38 heteroatoms. The van der Waals surface area contributed by atoms with Gasteiger partial charge in [-0.05, 0) is 101 Å². The Morgan fingerprint density at radius 1 is 0.553 bits per heavy atom. The number of hydrogen-bond donors (Lipinski definition) is 20. The SMILES string of the molecule is CSSC1NC(=O)[C@H](Cc2c[nH]c3ccccc23)NC(=O)[C@H](CCCNC(=N)N)NC(=O)[C@H](CCC(=O)O)NC(=O)[C@@H]2CCCN2C(=O)[C@@H]2CCCN2C(=O)[C@H](C)NC(=O)[C@H](Cc2c[nH]c3ccccc23)NC(=O)[C@H](CCCNC(=N)N)NC(=O)NC(=O)[C@H](Cc2c[nH]cn2)NC(=O)[C@H](C)NC1=O. The van der Waals surface area contributed by atoms with Crippen molar-refractivity contribution in [2.24, 2.45) is 11.5 Å². The van der Waals surface area contributed by atoms with Crippen molar-refractivity contribution >= 4 is 132 Å². The summed E-state index contributed by atoms with van der Waals surface area (Å²) in [6, 6.07) is -1.55. The Morgan fingerprint density at radius 3 is 1.57 bits per heavy atom. The molecule has 2 aromatic carbocycles. The second-order valence-corrected chi connectivity index (χ2v) is 27.7. The van der Waals surface area contributed by atoms with Gasteiger partial charge in [0.2, 0.25) is 53.2 Å². The Bertz CT molecular complexity index is 3940. The number of amides is 13.